The van der Waals surface area contributed by atoms with Crippen molar-refractivity contribution in [3.8, 4) is 0 Å². The molecule has 1 heterocycles. The fraction of sp³-hybridized carbons (Fsp3) is 0.0556. The van der Waals surface area contributed by atoms with Crippen molar-refractivity contribution >= 4 is 28.1 Å². The van der Waals surface area contributed by atoms with Gasteiger partial charge in [0, 0.05) is 22.4 Å². The molecule has 1 aromatic heterocycles. The molecule has 120 valence electrons. The van der Waals surface area contributed by atoms with Gasteiger partial charge in [-0.25, -0.2) is 5.43 Å². The molecule has 0 atom stereocenters. The van der Waals surface area contributed by atoms with Gasteiger partial charge in [-0.1, -0.05) is 40.2 Å². The zero-order valence-corrected chi connectivity index (χ0v) is 14.3. The highest BCUT2D eigenvalue weighted by Gasteiger charge is 2.05. The lowest BCUT2D eigenvalue weighted by Gasteiger charge is -2.05. The Morgan fingerprint density at radius 1 is 1.21 bits per heavy atom. The largest absolute Gasteiger partial charge is 0.271 e. The Balaban J connectivity index is 1.64. The molecule has 0 saturated carbocycles. The number of hydrazone groups is 1. The van der Waals surface area contributed by atoms with Crippen LogP contribution in [0, 0.1) is 0 Å². The van der Waals surface area contributed by atoms with Crippen LogP contribution in [-0.2, 0) is 6.54 Å². The molecule has 0 radical (unpaired) electrons. The number of hydrogen-bond donors (Lipinski definition) is 1. The van der Waals surface area contributed by atoms with E-state index in [0.717, 1.165) is 15.6 Å². The molecule has 5 nitrogen and oxygen atoms in total. The van der Waals surface area contributed by atoms with Crippen LogP contribution in [0.2, 0.25) is 0 Å². The Morgan fingerprint density at radius 2 is 2.08 bits per heavy atom. The minimum atomic E-state index is -0.247. The van der Waals surface area contributed by atoms with E-state index in [2.05, 4.69) is 31.6 Å². The van der Waals surface area contributed by atoms with E-state index >= 15 is 0 Å². The number of halogens is 1. The maximum Gasteiger partial charge on any atom is 0.271 e. The molecule has 3 aromatic rings. The predicted octanol–water partition coefficient (Wildman–Crippen LogP) is 3.46. The van der Waals surface area contributed by atoms with Gasteiger partial charge in [0.05, 0.1) is 12.8 Å². The number of rotatable bonds is 5. The van der Waals surface area contributed by atoms with Gasteiger partial charge in [0.2, 0.25) is 0 Å². The summed E-state index contributed by atoms with van der Waals surface area (Å²) in [4.78, 5) is 12.2. The van der Waals surface area contributed by atoms with E-state index in [1.807, 2.05) is 59.4 Å². The molecule has 0 aliphatic carbocycles. The lowest BCUT2D eigenvalue weighted by atomic mass is 10.1. The molecular formula is C18H15BrN4O. The molecule has 0 bridgehead atoms. The Hall–Kier alpha value is -2.73. The minimum absolute atomic E-state index is 0.247. The number of nitrogens with zero attached hydrogens (tertiary/aromatic N) is 3. The Labute approximate surface area is 148 Å². The van der Waals surface area contributed by atoms with Gasteiger partial charge in [-0.3, -0.25) is 9.48 Å². The number of hydrogen-bond acceptors (Lipinski definition) is 3. The second-order valence-corrected chi connectivity index (χ2v) is 6.07. The molecule has 3 rings (SSSR count). The summed E-state index contributed by atoms with van der Waals surface area (Å²) in [5.41, 5.74) is 5.01. The number of amides is 1. The number of benzene rings is 2. The smallest absolute Gasteiger partial charge is 0.268 e. The maximum absolute atomic E-state index is 12.2. The molecule has 2 aromatic carbocycles. The standard InChI is InChI=1S/C18H15BrN4O/c19-17-7-2-4-14(11-17)12-20-22-18(24)16-6-1-5-15(10-16)13-23-9-3-8-21-23/h1-12H,13H2,(H,22,24)/b20-12-. The zero-order valence-electron chi connectivity index (χ0n) is 12.8. The van der Waals surface area contributed by atoms with Crippen molar-refractivity contribution in [3.05, 3.63) is 88.2 Å². The second-order valence-electron chi connectivity index (χ2n) is 5.16. The topological polar surface area (TPSA) is 59.3 Å². The average Bonchev–Trinajstić information content (AvgIpc) is 3.08. The molecule has 0 aliphatic rings. The minimum Gasteiger partial charge on any atom is -0.268 e. The highest BCUT2D eigenvalue weighted by molar-refractivity contribution is 9.10. The van der Waals surface area contributed by atoms with Gasteiger partial charge in [-0.2, -0.15) is 10.2 Å². The first kappa shape index (κ1) is 16.1. The van der Waals surface area contributed by atoms with E-state index in [1.54, 1.807) is 18.5 Å². The number of carbonyl (C=O) groups is 1. The van der Waals surface area contributed by atoms with E-state index in [4.69, 9.17) is 0 Å². The van der Waals surface area contributed by atoms with Crippen molar-refractivity contribution in [2.24, 2.45) is 5.10 Å². The summed E-state index contributed by atoms with van der Waals surface area (Å²) in [5, 5.41) is 8.17. The SMILES string of the molecule is O=C(N/N=C\c1cccc(Br)c1)c1cccc(Cn2cccn2)c1. The number of aromatic nitrogens is 2. The van der Waals surface area contributed by atoms with E-state index in [0.29, 0.717) is 12.1 Å². The third-order valence-electron chi connectivity index (χ3n) is 3.32. The first-order chi connectivity index (χ1) is 11.7. The van der Waals surface area contributed by atoms with Crippen molar-refractivity contribution < 1.29 is 4.79 Å². The third-order valence-corrected chi connectivity index (χ3v) is 3.81. The molecule has 0 unspecified atom stereocenters. The Kier molecular flexibility index (Phi) is 5.18. The van der Waals surface area contributed by atoms with Gasteiger partial charge >= 0.3 is 0 Å². The molecule has 0 fully saturated rings. The van der Waals surface area contributed by atoms with Gasteiger partial charge in [0.25, 0.3) is 5.91 Å². The molecule has 0 saturated heterocycles. The Bertz CT molecular complexity index is 859. The van der Waals surface area contributed by atoms with Crippen LogP contribution in [0.1, 0.15) is 21.5 Å². The number of nitrogens with one attached hydrogen (secondary N) is 1. The summed E-state index contributed by atoms with van der Waals surface area (Å²) in [6.45, 7) is 0.620. The average molecular weight is 383 g/mol. The quantitative estimate of drug-likeness (QED) is 0.542. The number of carbonyl (C=O) groups excluding carboxylic acids is 1. The summed E-state index contributed by atoms with van der Waals surface area (Å²) < 4.78 is 2.77. The first-order valence-electron chi connectivity index (χ1n) is 7.36. The normalized spacial score (nSPS) is 10.9. The van der Waals surface area contributed by atoms with Gasteiger partial charge in [0.15, 0.2) is 0 Å². The molecule has 0 spiro atoms. The first-order valence-corrected chi connectivity index (χ1v) is 8.15. The fourth-order valence-electron chi connectivity index (χ4n) is 2.21. The van der Waals surface area contributed by atoms with Crippen molar-refractivity contribution in [2.45, 2.75) is 6.54 Å². The van der Waals surface area contributed by atoms with Gasteiger partial charge < -0.3 is 0 Å². The highest BCUT2D eigenvalue weighted by Crippen LogP contribution is 2.10. The van der Waals surface area contributed by atoms with Crippen LogP contribution < -0.4 is 5.43 Å². The zero-order chi connectivity index (χ0) is 16.8. The van der Waals surface area contributed by atoms with Crippen LogP contribution >= 0.6 is 15.9 Å². The summed E-state index contributed by atoms with van der Waals surface area (Å²) in [5.74, 6) is -0.247. The van der Waals surface area contributed by atoms with Crippen molar-refractivity contribution in [1.82, 2.24) is 15.2 Å². The van der Waals surface area contributed by atoms with Crippen LogP contribution in [0.15, 0.2) is 76.6 Å². The van der Waals surface area contributed by atoms with Crippen molar-refractivity contribution in [1.29, 1.82) is 0 Å². The van der Waals surface area contributed by atoms with Gasteiger partial charge in [-0.05, 0) is 41.5 Å². The second kappa shape index (κ2) is 7.70. The summed E-state index contributed by atoms with van der Waals surface area (Å²) in [6, 6.07) is 16.9. The van der Waals surface area contributed by atoms with Crippen LogP contribution in [0.5, 0.6) is 0 Å². The molecular weight excluding hydrogens is 368 g/mol. The molecule has 1 N–H and O–H groups in total. The van der Waals surface area contributed by atoms with Crippen molar-refractivity contribution in [2.75, 3.05) is 0 Å². The highest BCUT2D eigenvalue weighted by atomic mass is 79.9. The predicted molar refractivity (Wildman–Crippen MR) is 97.0 cm³/mol. The summed E-state index contributed by atoms with van der Waals surface area (Å²) in [6.07, 6.45) is 5.22. The van der Waals surface area contributed by atoms with Crippen molar-refractivity contribution in [3.63, 3.8) is 0 Å². The van der Waals surface area contributed by atoms with Gasteiger partial charge in [-0.15, -0.1) is 0 Å². The maximum atomic E-state index is 12.2. The Morgan fingerprint density at radius 3 is 2.88 bits per heavy atom. The fourth-order valence-corrected chi connectivity index (χ4v) is 2.63. The molecule has 0 aliphatic heterocycles. The van der Waals surface area contributed by atoms with E-state index in [9.17, 15) is 4.79 Å². The van der Waals surface area contributed by atoms with E-state index in [-0.39, 0.29) is 5.91 Å². The molecule has 1 amide bonds. The van der Waals surface area contributed by atoms with Crippen LogP contribution in [0.3, 0.4) is 0 Å². The lowest BCUT2D eigenvalue weighted by molar-refractivity contribution is 0.0955. The summed E-state index contributed by atoms with van der Waals surface area (Å²) >= 11 is 3.40. The third kappa shape index (κ3) is 4.39. The van der Waals surface area contributed by atoms with Crippen LogP contribution in [0.25, 0.3) is 0 Å². The lowest BCUT2D eigenvalue weighted by Crippen LogP contribution is -2.18. The van der Waals surface area contributed by atoms with Gasteiger partial charge in [0.1, 0.15) is 0 Å². The molecule has 6 heteroatoms. The van der Waals surface area contributed by atoms with E-state index < -0.39 is 0 Å². The summed E-state index contributed by atoms with van der Waals surface area (Å²) in [7, 11) is 0. The van der Waals surface area contributed by atoms with E-state index in [1.165, 1.54) is 0 Å². The van der Waals surface area contributed by atoms with Crippen LogP contribution in [-0.4, -0.2) is 21.9 Å². The molecule has 24 heavy (non-hydrogen) atoms. The van der Waals surface area contributed by atoms with Crippen LogP contribution in [0.4, 0.5) is 0 Å². The monoisotopic (exact) mass is 382 g/mol.